The molecule has 0 saturated carbocycles. The van der Waals surface area contributed by atoms with E-state index in [0.717, 1.165) is 40.9 Å². The smallest absolute Gasteiger partial charge is 0.229 e. The van der Waals surface area contributed by atoms with Crippen LogP contribution in [0, 0.1) is 0 Å². The number of anilines is 1. The van der Waals surface area contributed by atoms with E-state index in [4.69, 9.17) is 4.99 Å². The molecule has 0 spiro atoms. The third kappa shape index (κ3) is 6.22. The number of azo groups is 2. The van der Waals surface area contributed by atoms with Crippen molar-refractivity contribution in [3.63, 3.8) is 0 Å². The maximum Gasteiger partial charge on any atom is 0.229 e. The predicted molar refractivity (Wildman–Crippen MR) is 160 cm³/mol. The van der Waals surface area contributed by atoms with Gasteiger partial charge >= 0.3 is 0 Å². The number of aromatic hydroxyl groups is 1. The Labute approximate surface area is 230 Å². The largest absolute Gasteiger partial charge is 0.507 e. The van der Waals surface area contributed by atoms with Crippen LogP contribution in [-0.4, -0.2) is 29.4 Å². The van der Waals surface area contributed by atoms with E-state index in [2.05, 4.69) is 44.2 Å². The molecule has 5 rings (SSSR count). The van der Waals surface area contributed by atoms with Gasteiger partial charge in [0.2, 0.25) is 5.13 Å². The van der Waals surface area contributed by atoms with Crippen molar-refractivity contribution in [2.45, 2.75) is 13.8 Å². The van der Waals surface area contributed by atoms with Gasteiger partial charge in [-0.15, -0.1) is 26.7 Å². The van der Waals surface area contributed by atoms with Crippen molar-refractivity contribution in [3.05, 3.63) is 96.0 Å². The molecule has 0 saturated heterocycles. The summed E-state index contributed by atoms with van der Waals surface area (Å²) in [7, 11) is 0. The molecule has 1 aromatic heterocycles. The predicted octanol–water partition coefficient (Wildman–Crippen LogP) is 9.43. The van der Waals surface area contributed by atoms with Crippen molar-refractivity contribution in [2.24, 2.45) is 25.4 Å². The number of phenolic OH excluding ortho intramolecular Hbond substituents is 1. The highest BCUT2D eigenvalue weighted by atomic mass is 32.1. The maximum atomic E-state index is 10.6. The van der Waals surface area contributed by atoms with Gasteiger partial charge in [0.05, 0.1) is 22.7 Å². The number of hydrogen-bond donors (Lipinski definition) is 1. The highest BCUT2D eigenvalue weighted by molar-refractivity contribution is 7.13. The Bertz CT molecular complexity index is 1640. The van der Waals surface area contributed by atoms with Crippen LogP contribution in [0.3, 0.4) is 0 Å². The van der Waals surface area contributed by atoms with Gasteiger partial charge in [-0.1, -0.05) is 24.3 Å². The Kier molecular flexibility index (Phi) is 8.09. The van der Waals surface area contributed by atoms with E-state index in [-0.39, 0.29) is 5.75 Å². The van der Waals surface area contributed by atoms with Crippen LogP contribution >= 0.6 is 11.3 Å². The Morgan fingerprint density at radius 2 is 1.46 bits per heavy atom. The number of rotatable bonds is 9. The molecule has 4 aromatic carbocycles. The Hall–Kier alpha value is -4.76. The van der Waals surface area contributed by atoms with Crippen LogP contribution < -0.4 is 4.90 Å². The average molecular weight is 534 g/mol. The number of hydrogen-bond acceptors (Lipinski definition) is 9. The summed E-state index contributed by atoms with van der Waals surface area (Å²) in [6.45, 7) is 5.95. The molecular formula is C30H27N7OS. The van der Waals surface area contributed by atoms with Crippen LogP contribution in [0.25, 0.3) is 10.8 Å². The zero-order valence-corrected chi connectivity index (χ0v) is 22.5. The van der Waals surface area contributed by atoms with E-state index in [0.29, 0.717) is 22.1 Å². The standard InChI is InChI=1S/C30H27N7OS/c1-3-37(4-2)24-14-9-21(29(38)19-24)20-32-27-15-16-28(26-8-6-5-7-25(26)27)35-33-22-10-12-23(13-11-22)34-36-30-31-17-18-39-30/h5-20,38H,3-4H2,1-2H3/b32-20+,35-33+,36-34+. The fourth-order valence-corrected chi connectivity index (χ4v) is 4.55. The number of benzene rings is 4. The van der Waals surface area contributed by atoms with Crippen LogP contribution in [0.15, 0.2) is 116 Å². The van der Waals surface area contributed by atoms with Gasteiger partial charge in [-0.2, -0.15) is 5.11 Å². The number of nitrogens with zero attached hydrogens (tertiary/aromatic N) is 7. The lowest BCUT2D eigenvalue weighted by atomic mass is 10.1. The lowest BCUT2D eigenvalue weighted by molar-refractivity contribution is 0.474. The minimum atomic E-state index is 0.202. The highest BCUT2D eigenvalue weighted by Gasteiger charge is 2.08. The second-order valence-corrected chi connectivity index (χ2v) is 9.43. The molecule has 1 N–H and O–H groups in total. The molecule has 0 radical (unpaired) electrons. The maximum absolute atomic E-state index is 10.6. The number of fused-ring (bicyclic) bond motifs is 1. The van der Waals surface area contributed by atoms with Crippen molar-refractivity contribution in [1.82, 2.24) is 4.98 Å². The monoisotopic (exact) mass is 533 g/mol. The molecule has 1 heterocycles. The summed E-state index contributed by atoms with van der Waals surface area (Å²) in [5, 5.41) is 32.2. The Balaban J connectivity index is 1.35. The van der Waals surface area contributed by atoms with Crippen LogP contribution in [0.2, 0.25) is 0 Å². The molecule has 194 valence electrons. The van der Waals surface area contributed by atoms with Gasteiger partial charge in [0.15, 0.2) is 0 Å². The van der Waals surface area contributed by atoms with Gasteiger partial charge in [0, 0.05) is 59.0 Å². The molecule has 0 amide bonds. The van der Waals surface area contributed by atoms with E-state index in [1.54, 1.807) is 18.5 Å². The van der Waals surface area contributed by atoms with Gasteiger partial charge in [0.1, 0.15) is 5.75 Å². The van der Waals surface area contributed by atoms with E-state index in [1.807, 2.05) is 78.2 Å². The summed E-state index contributed by atoms with van der Waals surface area (Å²) in [4.78, 5) is 11.0. The Morgan fingerprint density at radius 1 is 0.795 bits per heavy atom. The quantitative estimate of drug-likeness (QED) is 0.151. The topological polar surface area (TPSA) is 98.2 Å². The second kappa shape index (κ2) is 12.2. The summed E-state index contributed by atoms with van der Waals surface area (Å²) >= 11 is 1.43. The summed E-state index contributed by atoms with van der Waals surface area (Å²) in [5.74, 6) is 0.202. The van der Waals surface area contributed by atoms with E-state index in [9.17, 15) is 5.11 Å². The van der Waals surface area contributed by atoms with Gasteiger partial charge in [0.25, 0.3) is 0 Å². The van der Waals surface area contributed by atoms with Crippen LogP contribution in [-0.2, 0) is 0 Å². The number of phenols is 1. The lowest BCUT2D eigenvalue weighted by Crippen LogP contribution is -2.21. The molecule has 0 unspecified atom stereocenters. The van der Waals surface area contributed by atoms with E-state index in [1.165, 1.54) is 11.3 Å². The molecule has 0 atom stereocenters. The van der Waals surface area contributed by atoms with Crippen LogP contribution in [0.1, 0.15) is 19.4 Å². The van der Waals surface area contributed by atoms with E-state index < -0.39 is 0 Å². The van der Waals surface area contributed by atoms with Crippen molar-refractivity contribution >= 4 is 61.9 Å². The van der Waals surface area contributed by atoms with Crippen molar-refractivity contribution < 1.29 is 5.11 Å². The Morgan fingerprint density at radius 3 is 2.10 bits per heavy atom. The molecule has 9 heteroatoms. The molecule has 8 nitrogen and oxygen atoms in total. The third-order valence-electron chi connectivity index (χ3n) is 6.16. The first kappa shape index (κ1) is 25.9. The van der Waals surface area contributed by atoms with Gasteiger partial charge in [-0.25, -0.2) is 4.98 Å². The lowest BCUT2D eigenvalue weighted by Gasteiger charge is -2.21. The molecule has 0 aliphatic rings. The molecule has 0 aliphatic carbocycles. The van der Waals surface area contributed by atoms with Crippen molar-refractivity contribution in [3.8, 4) is 5.75 Å². The first-order valence-corrected chi connectivity index (χ1v) is 13.5. The summed E-state index contributed by atoms with van der Waals surface area (Å²) < 4.78 is 0. The third-order valence-corrected chi connectivity index (χ3v) is 6.81. The molecular weight excluding hydrogens is 506 g/mol. The fourth-order valence-electron chi connectivity index (χ4n) is 4.10. The minimum absolute atomic E-state index is 0.202. The van der Waals surface area contributed by atoms with Gasteiger partial charge in [-0.3, -0.25) is 4.99 Å². The second-order valence-electron chi connectivity index (χ2n) is 8.55. The number of thiazole rings is 1. The van der Waals surface area contributed by atoms with Crippen LogP contribution in [0.4, 0.5) is 33.6 Å². The summed E-state index contributed by atoms with van der Waals surface area (Å²) in [6.07, 6.45) is 3.39. The highest BCUT2D eigenvalue weighted by Crippen LogP contribution is 2.35. The van der Waals surface area contributed by atoms with Gasteiger partial charge < -0.3 is 10.0 Å². The van der Waals surface area contributed by atoms with Crippen molar-refractivity contribution in [2.75, 3.05) is 18.0 Å². The number of aliphatic imine (C=N–C) groups is 1. The molecule has 0 aliphatic heterocycles. The molecule has 5 aromatic rings. The molecule has 0 fully saturated rings. The van der Waals surface area contributed by atoms with Crippen molar-refractivity contribution in [1.29, 1.82) is 0 Å². The zero-order chi connectivity index (χ0) is 27.0. The fraction of sp³-hybridized carbons (Fsp3) is 0.133. The van der Waals surface area contributed by atoms with E-state index >= 15 is 0 Å². The summed E-state index contributed by atoms with van der Waals surface area (Å²) in [6, 6.07) is 24.8. The first-order valence-electron chi connectivity index (χ1n) is 12.6. The number of aromatic nitrogens is 1. The normalized spacial score (nSPS) is 11.8. The summed E-state index contributed by atoms with van der Waals surface area (Å²) in [5.41, 5.74) is 4.59. The zero-order valence-electron chi connectivity index (χ0n) is 21.6. The molecule has 39 heavy (non-hydrogen) atoms. The average Bonchev–Trinajstić information content (AvgIpc) is 3.50. The van der Waals surface area contributed by atoms with Gasteiger partial charge in [-0.05, 0) is 62.4 Å². The van der Waals surface area contributed by atoms with Crippen LogP contribution in [0.5, 0.6) is 5.75 Å². The SMILES string of the molecule is CCN(CC)c1ccc(/C=N/c2ccc(/N=N/c3ccc(/N=N/c4nccs4)cc3)c3ccccc23)c(O)c1. The minimum Gasteiger partial charge on any atom is -0.507 e. The first-order chi connectivity index (χ1) is 19.1. The molecule has 0 bridgehead atoms.